The molecule has 0 spiro atoms. The topological polar surface area (TPSA) is 38.5 Å². The first-order valence-corrected chi connectivity index (χ1v) is 7.68. The Bertz CT molecular complexity index is 432. The van der Waals surface area contributed by atoms with Crippen LogP contribution < -0.4 is 5.73 Å². The molecule has 0 amide bonds. The van der Waals surface area contributed by atoms with E-state index in [1.807, 2.05) is 18.2 Å². The van der Waals surface area contributed by atoms with Gasteiger partial charge in [0.15, 0.2) is 0 Å². The predicted molar refractivity (Wildman–Crippen MR) is 84.0 cm³/mol. The standard InChI is InChI=1S/C16H25ClN2O/c1-13(14-6-3-4-7-15(14)17)19(2)11-16(10-18)8-5-9-20-12-16/h3-4,6-7,13H,5,8-12,18H2,1-2H3. The van der Waals surface area contributed by atoms with Gasteiger partial charge in [0.05, 0.1) is 6.61 Å². The van der Waals surface area contributed by atoms with E-state index in [2.05, 4.69) is 24.9 Å². The molecule has 3 nitrogen and oxygen atoms in total. The lowest BCUT2D eigenvalue weighted by atomic mass is 9.81. The van der Waals surface area contributed by atoms with Gasteiger partial charge in [0.1, 0.15) is 0 Å². The number of benzene rings is 1. The van der Waals surface area contributed by atoms with Crippen molar-refractivity contribution in [1.82, 2.24) is 4.90 Å². The summed E-state index contributed by atoms with van der Waals surface area (Å²) in [6, 6.07) is 8.32. The van der Waals surface area contributed by atoms with Crippen LogP contribution >= 0.6 is 11.6 Å². The Morgan fingerprint density at radius 3 is 2.80 bits per heavy atom. The van der Waals surface area contributed by atoms with E-state index in [1.54, 1.807) is 0 Å². The molecular weight excluding hydrogens is 272 g/mol. The van der Waals surface area contributed by atoms with E-state index in [9.17, 15) is 0 Å². The van der Waals surface area contributed by atoms with Gasteiger partial charge in [-0.25, -0.2) is 0 Å². The summed E-state index contributed by atoms with van der Waals surface area (Å²) in [6.45, 7) is 5.44. The first-order valence-electron chi connectivity index (χ1n) is 7.30. The molecule has 112 valence electrons. The largest absolute Gasteiger partial charge is 0.381 e. The quantitative estimate of drug-likeness (QED) is 0.907. The highest BCUT2D eigenvalue weighted by Gasteiger charge is 2.34. The molecule has 0 bridgehead atoms. The van der Waals surface area contributed by atoms with E-state index in [0.717, 1.165) is 37.6 Å². The van der Waals surface area contributed by atoms with Crippen LogP contribution in [0.5, 0.6) is 0 Å². The van der Waals surface area contributed by atoms with Crippen LogP contribution in [0.25, 0.3) is 0 Å². The molecule has 1 aliphatic heterocycles. The molecule has 0 radical (unpaired) electrons. The second-order valence-electron chi connectivity index (χ2n) is 5.97. The molecule has 1 saturated heterocycles. The molecule has 1 aromatic rings. The van der Waals surface area contributed by atoms with Gasteiger partial charge in [0.25, 0.3) is 0 Å². The Morgan fingerprint density at radius 2 is 2.20 bits per heavy atom. The van der Waals surface area contributed by atoms with Crippen LogP contribution in [0, 0.1) is 5.41 Å². The summed E-state index contributed by atoms with van der Waals surface area (Å²) in [7, 11) is 2.14. The van der Waals surface area contributed by atoms with Crippen LogP contribution in [0.4, 0.5) is 0 Å². The van der Waals surface area contributed by atoms with Gasteiger partial charge < -0.3 is 10.5 Å². The third-order valence-electron chi connectivity index (χ3n) is 4.44. The second kappa shape index (κ2) is 6.90. The number of halogens is 1. The van der Waals surface area contributed by atoms with Gasteiger partial charge in [-0.15, -0.1) is 0 Å². The molecule has 1 heterocycles. The Hall–Kier alpha value is -0.610. The van der Waals surface area contributed by atoms with E-state index in [-0.39, 0.29) is 11.5 Å². The molecule has 0 saturated carbocycles. The minimum absolute atomic E-state index is 0.0858. The summed E-state index contributed by atoms with van der Waals surface area (Å²) < 4.78 is 5.65. The van der Waals surface area contributed by atoms with Crippen LogP contribution in [-0.4, -0.2) is 38.3 Å². The number of nitrogens with two attached hydrogens (primary N) is 1. The molecule has 1 aromatic carbocycles. The maximum Gasteiger partial charge on any atom is 0.0546 e. The smallest absolute Gasteiger partial charge is 0.0546 e. The summed E-state index contributed by atoms with van der Waals surface area (Å²) in [5, 5.41) is 0.827. The molecule has 2 N–H and O–H groups in total. The Kier molecular flexibility index (Phi) is 5.44. The zero-order valence-electron chi connectivity index (χ0n) is 12.4. The maximum atomic E-state index is 6.30. The third kappa shape index (κ3) is 3.53. The second-order valence-corrected chi connectivity index (χ2v) is 6.38. The van der Waals surface area contributed by atoms with Gasteiger partial charge >= 0.3 is 0 Å². The molecule has 0 aromatic heterocycles. The van der Waals surface area contributed by atoms with Gasteiger partial charge in [-0.05, 0) is 38.4 Å². The van der Waals surface area contributed by atoms with Crippen LogP contribution in [0.3, 0.4) is 0 Å². The summed E-state index contributed by atoms with van der Waals surface area (Å²) in [4.78, 5) is 2.34. The van der Waals surface area contributed by atoms with Crippen molar-refractivity contribution in [2.75, 3.05) is 33.4 Å². The van der Waals surface area contributed by atoms with E-state index in [4.69, 9.17) is 22.1 Å². The highest BCUT2D eigenvalue weighted by atomic mass is 35.5. The third-order valence-corrected chi connectivity index (χ3v) is 4.78. The highest BCUT2D eigenvalue weighted by molar-refractivity contribution is 6.31. The normalized spacial score (nSPS) is 24.9. The van der Waals surface area contributed by atoms with Crippen molar-refractivity contribution in [2.45, 2.75) is 25.8 Å². The summed E-state index contributed by atoms with van der Waals surface area (Å²) in [6.07, 6.45) is 2.24. The van der Waals surface area contributed by atoms with Gasteiger partial charge in [-0.1, -0.05) is 29.8 Å². The summed E-state index contributed by atoms with van der Waals surface area (Å²) >= 11 is 6.30. The van der Waals surface area contributed by atoms with Crippen LogP contribution in [-0.2, 0) is 4.74 Å². The predicted octanol–water partition coefficient (Wildman–Crippen LogP) is 3.09. The van der Waals surface area contributed by atoms with E-state index in [1.165, 1.54) is 5.56 Å². The van der Waals surface area contributed by atoms with Crippen molar-refractivity contribution < 1.29 is 4.74 Å². The van der Waals surface area contributed by atoms with Crippen molar-refractivity contribution >= 4 is 11.6 Å². The molecule has 4 heteroatoms. The van der Waals surface area contributed by atoms with Crippen molar-refractivity contribution in [3.05, 3.63) is 34.9 Å². The fourth-order valence-corrected chi connectivity index (χ4v) is 3.27. The Morgan fingerprint density at radius 1 is 1.45 bits per heavy atom. The van der Waals surface area contributed by atoms with Gasteiger partial charge in [0.2, 0.25) is 0 Å². The fourth-order valence-electron chi connectivity index (χ4n) is 2.98. The average molecular weight is 297 g/mol. The van der Waals surface area contributed by atoms with Crippen LogP contribution in [0.1, 0.15) is 31.4 Å². The number of hydrogen-bond acceptors (Lipinski definition) is 3. The molecule has 1 aliphatic rings. The minimum Gasteiger partial charge on any atom is -0.381 e. The number of ether oxygens (including phenoxy) is 1. The zero-order valence-corrected chi connectivity index (χ0v) is 13.2. The fraction of sp³-hybridized carbons (Fsp3) is 0.625. The van der Waals surface area contributed by atoms with Crippen molar-refractivity contribution in [3.8, 4) is 0 Å². The number of hydrogen-bond donors (Lipinski definition) is 1. The van der Waals surface area contributed by atoms with Gasteiger partial charge in [-0.2, -0.15) is 0 Å². The van der Waals surface area contributed by atoms with E-state index >= 15 is 0 Å². The Balaban J connectivity index is 2.07. The first-order chi connectivity index (χ1) is 9.58. The monoisotopic (exact) mass is 296 g/mol. The van der Waals surface area contributed by atoms with Gasteiger partial charge in [-0.3, -0.25) is 4.90 Å². The molecule has 20 heavy (non-hydrogen) atoms. The summed E-state index contributed by atoms with van der Waals surface area (Å²) in [5.41, 5.74) is 7.28. The van der Waals surface area contributed by atoms with Crippen molar-refractivity contribution in [2.24, 2.45) is 11.1 Å². The number of rotatable bonds is 5. The Labute approximate surface area is 127 Å². The molecule has 0 aliphatic carbocycles. The lowest BCUT2D eigenvalue weighted by Crippen LogP contribution is -2.47. The molecular formula is C16H25ClN2O. The SMILES string of the molecule is CC(c1ccccc1Cl)N(C)CC1(CN)CCCOC1. The first kappa shape index (κ1) is 15.8. The van der Waals surface area contributed by atoms with E-state index < -0.39 is 0 Å². The lowest BCUT2D eigenvalue weighted by Gasteiger charge is -2.40. The number of nitrogens with zero attached hydrogens (tertiary/aromatic N) is 1. The molecule has 2 atom stereocenters. The minimum atomic E-state index is 0.0858. The van der Waals surface area contributed by atoms with Gasteiger partial charge in [0, 0.05) is 36.2 Å². The van der Waals surface area contributed by atoms with Crippen molar-refractivity contribution in [1.29, 1.82) is 0 Å². The summed E-state index contributed by atoms with van der Waals surface area (Å²) in [5.74, 6) is 0. The van der Waals surface area contributed by atoms with Crippen LogP contribution in [0.15, 0.2) is 24.3 Å². The highest BCUT2D eigenvalue weighted by Crippen LogP contribution is 2.32. The zero-order chi connectivity index (χ0) is 14.6. The van der Waals surface area contributed by atoms with E-state index in [0.29, 0.717) is 6.54 Å². The maximum absolute atomic E-state index is 6.30. The molecule has 2 unspecified atom stereocenters. The lowest BCUT2D eigenvalue weighted by molar-refractivity contribution is -0.0231. The average Bonchev–Trinajstić information content (AvgIpc) is 2.48. The molecule has 2 rings (SSSR count). The molecule has 1 fully saturated rings. The van der Waals surface area contributed by atoms with Crippen molar-refractivity contribution in [3.63, 3.8) is 0 Å². The van der Waals surface area contributed by atoms with Crippen LogP contribution in [0.2, 0.25) is 5.02 Å².